The second kappa shape index (κ2) is 8.59. The number of nitrogens with one attached hydrogen (secondary N) is 1. The lowest BCUT2D eigenvalue weighted by molar-refractivity contribution is -0.124. The van der Waals surface area contributed by atoms with E-state index < -0.39 is 5.91 Å². The van der Waals surface area contributed by atoms with Gasteiger partial charge in [-0.15, -0.1) is 0 Å². The number of nitrogens with zero attached hydrogens (tertiary/aromatic N) is 3. The molecule has 0 atom stereocenters. The molecule has 0 fully saturated rings. The zero-order valence-corrected chi connectivity index (χ0v) is 16.6. The molecule has 1 amide bonds. The first-order valence-electron chi connectivity index (χ1n) is 10.1. The highest BCUT2D eigenvalue weighted by Gasteiger charge is 2.18. The summed E-state index contributed by atoms with van der Waals surface area (Å²) < 4.78 is 1.99. The summed E-state index contributed by atoms with van der Waals surface area (Å²) in [7, 11) is 0. The molecule has 0 bridgehead atoms. The van der Waals surface area contributed by atoms with Gasteiger partial charge in [-0.1, -0.05) is 31.2 Å². The van der Waals surface area contributed by atoms with E-state index in [0.29, 0.717) is 0 Å². The number of aryl methyl sites for hydroxylation is 1. The van der Waals surface area contributed by atoms with E-state index in [0.717, 1.165) is 44.5 Å². The number of carbonyl (C=O) groups is 1. The molecule has 4 rings (SSSR count). The molecule has 0 saturated heterocycles. The van der Waals surface area contributed by atoms with E-state index >= 15 is 0 Å². The van der Waals surface area contributed by atoms with Crippen molar-refractivity contribution in [3.05, 3.63) is 76.6 Å². The number of pyridine rings is 1. The van der Waals surface area contributed by atoms with E-state index in [1.807, 2.05) is 22.8 Å². The van der Waals surface area contributed by atoms with Gasteiger partial charge in [0.25, 0.3) is 5.91 Å². The van der Waals surface area contributed by atoms with Gasteiger partial charge in [-0.2, -0.15) is 5.10 Å². The molecule has 1 aromatic carbocycles. The summed E-state index contributed by atoms with van der Waals surface area (Å²) >= 11 is 0. The van der Waals surface area contributed by atoms with Crippen molar-refractivity contribution < 1.29 is 10.0 Å². The van der Waals surface area contributed by atoms with Gasteiger partial charge in [0.05, 0.1) is 11.2 Å². The largest absolute Gasteiger partial charge is 0.298 e. The number of aromatic nitrogens is 2. The van der Waals surface area contributed by atoms with E-state index in [9.17, 15) is 4.79 Å². The first-order chi connectivity index (χ1) is 14.2. The van der Waals surface area contributed by atoms with Crippen LogP contribution < -0.4 is 5.48 Å². The van der Waals surface area contributed by atoms with Crippen LogP contribution in [0.4, 0.5) is 0 Å². The quantitative estimate of drug-likeness (QED) is 0.386. The van der Waals surface area contributed by atoms with E-state index in [-0.39, 0.29) is 0 Å². The molecule has 0 aliphatic carbocycles. The third-order valence-electron chi connectivity index (χ3n) is 5.60. The minimum absolute atomic E-state index is 0.520. The van der Waals surface area contributed by atoms with Gasteiger partial charge in [0.2, 0.25) is 0 Å². The lowest BCUT2D eigenvalue weighted by Crippen LogP contribution is -2.32. The number of benzene rings is 1. The zero-order chi connectivity index (χ0) is 20.2. The van der Waals surface area contributed by atoms with Crippen LogP contribution in [0.1, 0.15) is 34.9 Å². The molecule has 0 spiro atoms. The highest BCUT2D eigenvalue weighted by atomic mass is 16.5. The van der Waals surface area contributed by atoms with Crippen molar-refractivity contribution >= 4 is 17.5 Å². The van der Waals surface area contributed by atoms with Crippen molar-refractivity contribution in [2.45, 2.75) is 32.7 Å². The number of rotatable bonds is 6. The zero-order valence-electron chi connectivity index (χ0n) is 16.6. The molecule has 6 heteroatoms. The van der Waals surface area contributed by atoms with Crippen molar-refractivity contribution in [2.75, 3.05) is 13.1 Å². The van der Waals surface area contributed by atoms with Crippen LogP contribution in [0, 0.1) is 0 Å². The van der Waals surface area contributed by atoms with Crippen molar-refractivity contribution in [3.8, 4) is 0 Å². The maximum absolute atomic E-state index is 11.2. The summed E-state index contributed by atoms with van der Waals surface area (Å²) in [6.45, 7) is 5.15. The molecular weight excluding hydrogens is 364 g/mol. The Morgan fingerprint density at radius 2 is 2.17 bits per heavy atom. The standard InChI is InChI=1S/C23H26N4O2/c1-2-21-20(22-5-3-4-12-27(22)24-21)11-14-26-13-10-18-15-17(6-8-19(18)16-26)7-9-23(28)25-29/h3-9,12,15,29H,2,10-11,13-14,16H2,1H3,(H,25,28). The van der Waals surface area contributed by atoms with Crippen molar-refractivity contribution in [1.82, 2.24) is 20.0 Å². The molecule has 3 aromatic rings. The van der Waals surface area contributed by atoms with Gasteiger partial charge in [-0.3, -0.25) is 14.9 Å². The molecule has 0 radical (unpaired) electrons. The maximum Gasteiger partial charge on any atom is 0.267 e. The summed E-state index contributed by atoms with van der Waals surface area (Å²) in [5.41, 5.74) is 9.02. The number of hydroxylamine groups is 1. The Labute approximate surface area is 170 Å². The van der Waals surface area contributed by atoms with Crippen LogP contribution in [-0.4, -0.2) is 38.7 Å². The Morgan fingerprint density at radius 1 is 1.28 bits per heavy atom. The Hall–Kier alpha value is -2.96. The molecule has 150 valence electrons. The molecule has 1 aliphatic rings. The van der Waals surface area contributed by atoms with Gasteiger partial charge >= 0.3 is 0 Å². The minimum Gasteiger partial charge on any atom is -0.298 e. The highest BCUT2D eigenvalue weighted by molar-refractivity contribution is 5.90. The fourth-order valence-corrected chi connectivity index (χ4v) is 4.06. The summed E-state index contributed by atoms with van der Waals surface area (Å²) in [4.78, 5) is 13.7. The van der Waals surface area contributed by atoms with Crippen LogP contribution in [-0.2, 0) is 30.6 Å². The number of hydrogen-bond donors (Lipinski definition) is 2. The van der Waals surface area contributed by atoms with Crippen molar-refractivity contribution in [1.29, 1.82) is 0 Å². The minimum atomic E-state index is -0.520. The topological polar surface area (TPSA) is 69.9 Å². The molecule has 0 unspecified atom stereocenters. The molecule has 2 aromatic heterocycles. The number of amides is 1. The van der Waals surface area contributed by atoms with E-state index in [1.165, 1.54) is 34.0 Å². The third-order valence-corrected chi connectivity index (χ3v) is 5.60. The normalized spacial score (nSPS) is 14.4. The van der Waals surface area contributed by atoms with Crippen molar-refractivity contribution in [3.63, 3.8) is 0 Å². The molecule has 6 nitrogen and oxygen atoms in total. The lowest BCUT2D eigenvalue weighted by atomic mass is 9.96. The average Bonchev–Trinajstić information content (AvgIpc) is 3.13. The lowest BCUT2D eigenvalue weighted by Gasteiger charge is -2.29. The Morgan fingerprint density at radius 3 is 3.00 bits per heavy atom. The molecule has 2 N–H and O–H groups in total. The smallest absolute Gasteiger partial charge is 0.267 e. The van der Waals surface area contributed by atoms with Gasteiger partial charge < -0.3 is 0 Å². The van der Waals surface area contributed by atoms with Crippen LogP contribution in [0.25, 0.3) is 11.6 Å². The van der Waals surface area contributed by atoms with Gasteiger partial charge in [-0.05, 0) is 54.2 Å². The van der Waals surface area contributed by atoms with Gasteiger partial charge in [0.15, 0.2) is 0 Å². The number of carbonyl (C=O) groups excluding carboxylic acids is 1. The Bertz CT molecular complexity index is 1050. The summed E-state index contributed by atoms with van der Waals surface area (Å²) in [6.07, 6.45) is 8.02. The first-order valence-corrected chi connectivity index (χ1v) is 10.1. The summed E-state index contributed by atoms with van der Waals surface area (Å²) in [5, 5.41) is 13.3. The molecular formula is C23H26N4O2. The number of fused-ring (bicyclic) bond motifs is 2. The monoisotopic (exact) mass is 390 g/mol. The van der Waals surface area contributed by atoms with Gasteiger partial charge in [0, 0.05) is 37.5 Å². The fraction of sp³-hybridized carbons (Fsp3) is 0.304. The van der Waals surface area contributed by atoms with Crippen LogP contribution in [0.2, 0.25) is 0 Å². The second-order valence-electron chi connectivity index (χ2n) is 7.42. The average molecular weight is 390 g/mol. The molecule has 1 aliphatic heterocycles. The summed E-state index contributed by atoms with van der Waals surface area (Å²) in [6, 6.07) is 12.5. The summed E-state index contributed by atoms with van der Waals surface area (Å²) in [5.74, 6) is -0.520. The molecule has 0 saturated carbocycles. The van der Waals surface area contributed by atoms with Crippen LogP contribution in [0.5, 0.6) is 0 Å². The highest BCUT2D eigenvalue weighted by Crippen LogP contribution is 2.23. The Kier molecular flexibility index (Phi) is 5.74. The molecule has 29 heavy (non-hydrogen) atoms. The van der Waals surface area contributed by atoms with E-state index in [4.69, 9.17) is 10.3 Å². The van der Waals surface area contributed by atoms with Crippen molar-refractivity contribution in [2.24, 2.45) is 0 Å². The maximum atomic E-state index is 11.2. The van der Waals surface area contributed by atoms with Gasteiger partial charge in [-0.25, -0.2) is 10.00 Å². The Balaban J connectivity index is 1.43. The van der Waals surface area contributed by atoms with Gasteiger partial charge in [0.1, 0.15) is 0 Å². The second-order valence-corrected chi connectivity index (χ2v) is 7.42. The van der Waals surface area contributed by atoms with E-state index in [1.54, 1.807) is 11.6 Å². The fourth-order valence-electron chi connectivity index (χ4n) is 4.06. The first kappa shape index (κ1) is 19.4. The SMILES string of the molecule is CCc1nn2ccccc2c1CCN1CCc2cc(C=CC(=O)NO)ccc2C1. The third kappa shape index (κ3) is 4.23. The predicted octanol–water partition coefficient (Wildman–Crippen LogP) is 3.02. The van der Waals surface area contributed by atoms with Crippen LogP contribution >= 0.6 is 0 Å². The molecule has 3 heterocycles. The van der Waals surface area contributed by atoms with Crippen LogP contribution in [0.15, 0.2) is 48.7 Å². The number of hydrogen-bond acceptors (Lipinski definition) is 4. The van der Waals surface area contributed by atoms with E-state index in [2.05, 4.69) is 36.1 Å². The predicted molar refractivity (Wildman–Crippen MR) is 113 cm³/mol. The van der Waals surface area contributed by atoms with Crippen LogP contribution in [0.3, 0.4) is 0 Å².